The number of benzene rings is 2. The van der Waals surface area contributed by atoms with E-state index >= 15 is 0 Å². The maximum atomic E-state index is 12.5. The molecule has 8 heteroatoms. The SMILES string of the molecule is O=C(NN1C(=O)C(=Cc2cccc(O)c2)SC1=S)c1ccccc1O. The molecule has 0 aromatic heterocycles. The van der Waals surface area contributed by atoms with Crippen molar-refractivity contribution in [2.45, 2.75) is 0 Å². The highest BCUT2D eigenvalue weighted by Gasteiger charge is 2.34. The average molecular weight is 372 g/mol. The molecule has 6 nitrogen and oxygen atoms in total. The lowest BCUT2D eigenvalue weighted by molar-refractivity contribution is -0.123. The zero-order valence-electron chi connectivity index (χ0n) is 12.7. The summed E-state index contributed by atoms with van der Waals surface area (Å²) in [4.78, 5) is 25.0. The van der Waals surface area contributed by atoms with Gasteiger partial charge in [-0.1, -0.05) is 36.0 Å². The molecule has 3 N–H and O–H groups in total. The van der Waals surface area contributed by atoms with Gasteiger partial charge in [-0.05, 0) is 48.1 Å². The molecule has 0 spiro atoms. The van der Waals surface area contributed by atoms with E-state index in [1.165, 1.54) is 24.3 Å². The summed E-state index contributed by atoms with van der Waals surface area (Å²) in [6.45, 7) is 0. The lowest BCUT2D eigenvalue weighted by Gasteiger charge is -2.16. The topological polar surface area (TPSA) is 89.9 Å². The van der Waals surface area contributed by atoms with Crippen LogP contribution < -0.4 is 5.43 Å². The first-order chi connectivity index (χ1) is 12.0. The van der Waals surface area contributed by atoms with Gasteiger partial charge in [0.2, 0.25) is 0 Å². The number of nitrogens with zero attached hydrogens (tertiary/aromatic N) is 1. The van der Waals surface area contributed by atoms with Gasteiger partial charge in [-0.15, -0.1) is 0 Å². The average Bonchev–Trinajstić information content (AvgIpc) is 2.83. The summed E-state index contributed by atoms with van der Waals surface area (Å²) in [6.07, 6.45) is 1.57. The summed E-state index contributed by atoms with van der Waals surface area (Å²) >= 11 is 6.17. The fourth-order valence-corrected chi connectivity index (χ4v) is 3.34. The maximum Gasteiger partial charge on any atom is 0.285 e. The van der Waals surface area contributed by atoms with Crippen molar-refractivity contribution < 1.29 is 19.8 Å². The molecular formula is C17H12N2O4S2. The molecule has 3 rings (SSSR count). The molecular weight excluding hydrogens is 360 g/mol. The summed E-state index contributed by atoms with van der Waals surface area (Å²) < 4.78 is 0.167. The Morgan fingerprint density at radius 2 is 1.92 bits per heavy atom. The fraction of sp³-hybridized carbons (Fsp3) is 0. The Morgan fingerprint density at radius 1 is 1.16 bits per heavy atom. The normalized spacial score (nSPS) is 15.7. The molecule has 1 heterocycles. The predicted molar refractivity (Wildman–Crippen MR) is 98.7 cm³/mol. The van der Waals surface area contributed by atoms with Crippen LogP contribution >= 0.6 is 24.0 Å². The number of hydrogen-bond acceptors (Lipinski definition) is 6. The van der Waals surface area contributed by atoms with Crippen LogP contribution in [0.2, 0.25) is 0 Å². The second-order valence-corrected chi connectivity index (χ2v) is 6.75. The molecule has 1 fully saturated rings. The smallest absolute Gasteiger partial charge is 0.285 e. The number of nitrogens with one attached hydrogen (secondary N) is 1. The highest BCUT2D eigenvalue weighted by Crippen LogP contribution is 2.32. The van der Waals surface area contributed by atoms with E-state index in [1.807, 2.05) is 0 Å². The van der Waals surface area contributed by atoms with Crippen LogP contribution in [0.15, 0.2) is 53.4 Å². The molecule has 2 aromatic rings. The zero-order valence-corrected chi connectivity index (χ0v) is 14.3. The number of aromatic hydroxyl groups is 2. The number of rotatable bonds is 3. The Bertz CT molecular complexity index is 911. The van der Waals surface area contributed by atoms with Crippen molar-refractivity contribution >= 4 is 46.2 Å². The molecule has 1 saturated heterocycles. The van der Waals surface area contributed by atoms with Crippen LogP contribution in [0.5, 0.6) is 11.5 Å². The molecule has 25 heavy (non-hydrogen) atoms. The van der Waals surface area contributed by atoms with E-state index in [-0.39, 0.29) is 21.4 Å². The Hall–Kier alpha value is -2.84. The fourth-order valence-electron chi connectivity index (χ4n) is 2.16. The minimum absolute atomic E-state index is 0.0357. The zero-order chi connectivity index (χ0) is 18.0. The highest BCUT2D eigenvalue weighted by molar-refractivity contribution is 8.26. The Kier molecular flexibility index (Phi) is 4.73. The van der Waals surface area contributed by atoms with E-state index in [4.69, 9.17) is 12.2 Å². The van der Waals surface area contributed by atoms with Gasteiger partial charge in [-0.25, -0.2) is 0 Å². The van der Waals surface area contributed by atoms with Crippen LogP contribution in [-0.2, 0) is 4.79 Å². The van der Waals surface area contributed by atoms with Crippen LogP contribution in [0, 0.1) is 0 Å². The van der Waals surface area contributed by atoms with Gasteiger partial charge in [0, 0.05) is 0 Å². The molecule has 2 amide bonds. The van der Waals surface area contributed by atoms with Crippen molar-refractivity contribution in [1.82, 2.24) is 10.4 Å². The second kappa shape index (κ2) is 6.96. The van der Waals surface area contributed by atoms with Crippen LogP contribution in [0.1, 0.15) is 15.9 Å². The molecule has 0 radical (unpaired) electrons. The molecule has 1 aliphatic heterocycles. The van der Waals surface area contributed by atoms with Gasteiger partial charge in [-0.3, -0.25) is 15.0 Å². The molecule has 0 aliphatic carbocycles. The first-order valence-corrected chi connectivity index (χ1v) is 8.34. The van der Waals surface area contributed by atoms with Crippen LogP contribution in [0.3, 0.4) is 0 Å². The van der Waals surface area contributed by atoms with Gasteiger partial charge in [0.15, 0.2) is 4.32 Å². The molecule has 0 saturated carbocycles. The van der Waals surface area contributed by atoms with E-state index in [1.54, 1.807) is 30.3 Å². The third-order valence-electron chi connectivity index (χ3n) is 3.32. The van der Waals surface area contributed by atoms with Crippen molar-refractivity contribution in [2.24, 2.45) is 0 Å². The number of amides is 2. The lowest BCUT2D eigenvalue weighted by Crippen LogP contribution is -2.44. The van der Waals surface area contributed by atoms with E-state index < -0.39 is 11.8 Å². The minimum Gasteiger partial charge on any atom is -0.508 e. The summed E-state index contributed by atoms with van der Waals surface area (Å²) in [7, 11) is 0. The number of para-hydroxylation sites is 1. The summed E-state index contributed by atoms with van der Waals surface area (Å²) in [5.41, 5.74) is 3.06. The number of hydrogen-bond donors (Lipinski definition) is 3. The minimum atomic E-state index is -0.645. The van der Waals surface area contributed by atoms with Gasteiger partial charge < -0.3 is 10.2 Å². The largest absolute Gasteiger partial charge is 0.508 e. The standard InChI is InChI=1S/C17H12N2O4S2/c20-11-5-3-4-10(8-11)9-14-16(23)19(17(24)25-14)18-15(22)12-6-1-2-7-13(12)21/h1-9,20-21H,(H,18,22). The van der Waals surface area contributed by atoms with Crippen LogP contribution in [0.25, 0.3) is 6.08 Å². The predicted octanol–water partition coefficient (Wildman–Crippen LogP) is 2.64. The third kappa shape index (κ3) is 3.65. The van der Waals surface area contributed by atoms with E-state index in [0.29, 0.717) is 10.5 Å². The van der Waals surface area contributed by atoms with Crippen LogP contribution in [-0.4, -0.2) is 31.4 Å². The Labute approximate surface area is 152 Å². The number of carbonyl (C=O) groups is 2. The summed E-state index contributed by atoms with van der Waals surface area (Å²) in [5, 5.41) is 20.2. The monoisotopic (exact) mass is 372 g/mol. The van der Waals surface area contributed by atoms with E-state index in [9.17, 15) is 19.8 Å². The molecule has 0 atom stereocenters. The van der Waals surface area contributed by atoms with Gasteiger partial charge >= 0.3 is 0 Å². The van der Waals surface area contributed by atoms with Gasteiger partial charge in [-0.2, -0.15) is 5.01 Å². The van der Waals surface area contributed by atoms with Crippen molar-refractivity contribution in [1.29, 1.82) is 0 Å². The van der Waals surface area contributed by atoms with E-state index in [0.717, 1.165) is 16.8 Å². The number of phenolic OH excluding ortho intramolecular Hbond substituents is 2. The van der Waals surface area contributed by atoms with Crippen LogP contribution in [0.4, 0.5) is 0 Å². The van der Waals surface area contributed by atoms with E-state index in [2.05, 4.69) is 5.43 Å². The summed E-state index contributed by atoms with van der Waals surface area (Å²) in [5.74, 6) is -1.24. The van der Waals surface area contributed by atoms with Crippen molar-refractivity contribution in [3.63, 3.8) is 0 Å². The van der Waals surface area contributed by atoms with Crippen molar-refractivity contribution in [3.05, 3.63) is 64.6 Å². The summed E-state index contributed by atoms with van der Waals surface area (Å²) in [6, 6.07) is 12.4. The first kappa shape index (κ1) is 17.0. The van der Waals surface area contributed by atoms with Crippen molar-refractivity contribution in [2.75, 3.05) is 0 Å². The maximum absolute atomic E-state index is 12.5. The number of thiocarbonyl (C=S) groups is 1. The third-order valence-corrected chi connectivity index (χ3v) is 4.63. The second-order valence-electron chi connectivity index (χ2n) is 5.07. The number of thioether (sulfide) groups is 1. The van der Waals surface area contributed by atoms with Crippen molar-refractivity contribution in [3.8, 4) is 11.5 Å². The van der Waals surface area contributed by atoms with Gasteiger partial charge in [0.05, 0.1) is 10.5 Å². The molecule has 1 aliphatic rings. The molecule has 2 aromatic carbocycles. The Balaban J connectivity index is 1.80. The highest BCUT2D eigenvalue weighted by atomic mass is 32.2. The molecule has 126 valence electrons. The first-order valence-electron chi connectivity index (χ1n) is 7.11. The number of carbonyl (C=O) groups excluding carboxylic acids is 2. The molecule has 0 unspecified atom stereocenters. The quantitative estimate of drug-likeness (QED) is 0.567. The van der Waals surface area contributed by atoms with Gasteiger partial charge in [0.1, 0.15) is 11.5 Å². The van der Waals surface area contributed by atoms with Gasteiger partial charge in [0.25, 0.3) is 11.8 Å². The molecule has 0 bridgehead atoms. The lowest BCUT2D eigenvalue weighted by atomic mass is 10.2. The number of hydrazine groups is 1. The Morgan fingerprint density at radius 3 is 2.64 bits per heavy atom. The number of phenols is 2.